The molecule has 2 aliphatic carbocycles. The highest BCUT2D eigenvalue weighted by atomic mass is 19.2. The molecule has 0 heterocycles. The van der Waals surface area contributed by atoms with Crippen molar-refractivity contribution in [1.82, 2.24) is 0 Å². The molecule has 2 fully saturated rings. The van der Waals surface area contributed by atoms with E-state index in [4.69, 9.17) is 5.48 Å². The van der Waals surface area contributed by atoms with Gasteiger partial charge in [-0.15, -0.1) is 0 Å². The highest BCUT2D eigenvalue weighted by Crippen LogP contribution is 2.42. The maximum absolute atomic E-state index is 13.4. The maximum atomic E-state index is 13.4. The first kappa shape index (κ1) is 9.92. The van der Waals surface area contributed by atoms with E-state index in [0.717, 1.165) is 31.2 Å². The molecule has 0 aliphatic heterocycles. The van der Waals surface area contributed by atoms with Crippen molar-refractivity contribution in [2.45, 2.75) is 63.6 Å². The number of halogens is 2. The second-order valence-electron chi connectivity index (χ2n) is 6.13. The van der Waals surface area contributed by atoms with Crippen molar-refractivity contribution in [3.8, 4) is 0 Å². The number of benzene rings is 1. The molecule has 0 amide bonds. The summed E-state index contributed by atoms with van der Waals surface area (Å²) in [5.41, 5.74) is 0.835. The molecule has 0 bridgehead atoms. The van der Waals surface area contributed by atoms with Gasteiger partial charge in [0, 0.05) is 5.48 Å². The van der Waals surface area contributed by atoms with E-state index in [1.807, 2.05) is 0 Å². The van der Waals surface area contributed by atoms with E-state index in [9.17, 15) is 8.78 Å². The van der Waals surface area contributed by atoms with E-state index in [1.54, 1.807) is 6.07 Å². The van der Waals surface area contributed by atoms with Crippen LogP contribution in [0.4, 0.5) is 8.78 Å². The van der Waals surface area contributed by atoms with Crippen LogP contribution in [0.15, 0.2) is 18.2 Å². The zero-order valence-corrected chi connectivity index (χ0v) is 11.7. The predicted molar refractivity (Wildman–Crippen MR) is 77.6 cm³/mol. The molecule has 20 heavy (non-hydrogen) atoms. The fourth-order valence-corrected chi connectivity index (χ4v) is 3.70. The third-order valence-corrected chi connectivity index (χ3v) is 4.92. The van der Waals surface area contributed by atoms with Crippen molar-refractivity contribution in [2.24, 2.45) is 11.8 Å². The Bertz CT molecular complexity index is 579. The molecule has 0 aromatic heterocycles. The van der Waals surface area contributed by atoms with E-state index in [2.05, 4.69) is 0 Å². The average molecular weight is 282 g/mol. The van der Waals surface area contributed by atoms with Crippen molar-refractivity contribution in [3.05, 3.63) is 35.4 Å². The molecule has 0 nitrogen and oxygen atoms in total. The number of hydrogen-bond donors (Lipinski definition) is 0. The number of rotatable bonds is 2. The lowest BCUT2D eigenvalue weighted by molar-refractivity contribution is 0.186. The molecule has 3 rings (SSSR count). The van der Waals surface area contributed by atoms with Crippen molar-refractivity contribution >= 4 is 0 Å². The van der Waals surface area contributed by atoms with E-state index in [0.29, 0.717) is 18.8 Å². The van der Waals surface area contributed by atoms with Crippen LogP contribution < -0.4 is 0 Å². The van der Waals surface area contributed by atoms with Gasteiger partial charge in [0.05, 0.1) is 0 Å². The summed E-state index contributed by atoms with van der Waals surface area (Å²) >= 11 is 0. The van der Waals surface area contributed by atoms with Crippen LogP contribution in [0.3, 0.4) is 0 Å². The van der Waals surface area contributed by atoms with Gasteiger partial charge in [-0.3, -0.25) is 0 Å². The topological polar surface area (TPSA) is 0 Å². The normalized spacial score (nSPS) is 36.5. The maximum Gasteiger partial charge on any atom is 0.159 e. The molecule has 0 radical (unpaired) electrons. The quantitative estimate of drug-likeness (QED) is 0.641. The smallest absolute Gasteiger partial charge is 0.159 e. The molecule has 0 unspecified atom stereocenters. The molecular weight excluding hydrogens is 254 g/mol. The van der Waals surface area contributed by atoms with Gasteiger partial charge < -0.3 is 0 Å². The summed E-state index contributed by atoms with van der Waals surface area (Å²) in [4.78, 5) is 0. The summed E-state index contributed by atoms with van der Waals surface area (Å²) in [7, 11) is 0. The minimum absolute atomic E-state index is 0.0132. The molecule has 1 aromatic rings. The van der Waals surface area contributed by atoms with Gasteiger partial charge in [-0.05, 0) is 61.1 Å². The SMILES string of the molecule is [2H]C1([2H])CC(C2CCC(c3ccc(F)c(F)c3)CC2)CC([2H])([2H])C1. The van der Waals surface area contributed by atoms with Crippen molar-refractivity contribution in [2.75, 3.05) is 0 Å². The van der Waals surface area contributed by atoms with Gasteiger partial charge in [-0.1, -0.05) is 38.1 Å². The van der Waals surface area contributed by atoms with Crippen LogP contribution >= 0.6 is 0 Å². The first-order valence-corrected chi connectivity index (χ1v) is 7.60. The zero-order chi connectivity index (χ0) is 17.5. The van der Waals surface area contributed by atoms with Crippen LogP contribution in [0.5, 0.6) is 0 Å². The van der Waals surface area contributed by atoms with E-state index >= 15 is 0 Å². The van der Waals surface area contributed by atoms with Gasteiger partial charge in [0.15, 0.2) is 11.6 Å². The number of hydrogen-bond acceptors (Lipinski definition) is 0. The molecule has 0 N–H and O–H groups in total. The molecule has 0 saturated heterocycles. The van der Waals surface area contributed by atoms with Gasteiger partial charge in [0.25, 0.3) is 0 Å². The second-order valence-corrected chi connectivity index (χ2v) is 6.13. The standard InChI is InChI=1S/C18H24F2/c19-17-11-10-16(12-18(17)20)15-8-6-14(7-9-15)13-4-2-1-3-5-13/h10-15H,1-9H2/i2D2,3D2. The highest BCUT2D eigenvalue weighted by Gasteiger charge is 2.29. The lowest BCUT2D eigenvalue weighted by atomic mass is 9.70. The van der Waals surface area contributed by atoms with Gasteiger partial charge >= 0.3 is 0 Å². The minimum atomic E-state index is -1.43. The minimum Gasteiger partial charge on any atom is -0.204 e. The Kier molecular flexibility index (Phi) is 3.09. The molecule has 0 atom stereocenters. The average Bonchev–Trinajstić information content (AvgIpc) is 2.47. The summed E-state index contributed by atoms with van der Waals surface area (Å²) < 4.78 is 58.5. The van der Waals surface area contributed by atoms with Crippen molar-refractivity contribution < 1.29 is 14.3 Å². The lowest BCUT2D eigenvalue weighted by Crippen LogP contribution is -2.23. The third kappa shape index (κ3) is 3.05. The molecule has 2 aliphatic rings. The molecule has 2 saturated carbocycles. The van der Waals surface area contributed by atoms with Gasteiger partial charge in [-0.2, -0.15) is 0 Å². The molecule has 0 spiro atoms. The summed E-state index contributed by atoms with van der Waals surface area (Å²) in [6.45, 7) is 0. The van der Waals surface area contributed by atoms with Crippen LogP contribution in [-0.2, 0) is 0 Å². The first-order chi connectivity index (χ1) is 11.2. The van der Waals surface area contributed by atoms with Gasteiger partial charge in [-0.25, -0.2) is 8.78 Å². The molecule has 1 aromatic carbocycles. The fraction of sp³-hybridized carbons (Fsp3) is 0.667. The molecule has 2 heteroatoms. The highest BCUT2D eigenvalue weighted by molar-refractivity contribution is 5.22. The lowest BCUT2D eigenvalue weighted by Gasteiger charge is -2.36. The summed E-state index contributed by atoms with van der Waals surface area (Å²) in [6.07, 6.45) is 1.56. The zero-order valence-electron chi connectivity index (χ0n) is 15.7. The van der Waals surface area contributed by atoms with Crippen LogP contribution in [0.25, 0.3) is 0 Å². The van der Waals surface area contributed by atoms with E-state index in [1.165, 1.54) is 12.1 Å². The summed E-state index contributed by atoms with van der Waals surface area (Å²) in [6, 6.07) is 4.13. The van der Waals surface area contributed by atoms with Gasteiger partial charge in [0.1, 0.15) is 0 Å². The predicted octanol–water partition coefficient (Wildman–Crippen LogP) is 5.82. The Hall–Kier alpha value is -0.920. The van der Waals surface area contributed by atoms with Crippen molar-refractivity contribution in [3.63, 3.8) is 0 Å². The molecule has 110 valence electrons. The Morgan fingerprint density at radius 2 is 1.50 bits per heavy atom. The van der Waals surface area contributed by atoms with Crippen LogP contribution in [0, 0.1) is 23.5 Å². The summed E-state index contributed by atoms with van der Waals surface area (Å²) in [5.74, 6) is -0.998. The van der Waals surface area contributed by atoms with E-state index < -0.39 is 24.4 Å². The van der Waals surface area contributed by atoms with Crippen LogP contribution in [0.1, 0.15) is 74.7 Å². The largest absolute Gasteiger partial charge is 0.204 e. The second kappa shape index (κ2) is 6.24. The Labute approximate surface area is 126 Å². The van der Waals surface area contributed by atoms with Gasteiger partial charge in [0.2, 0.25) is 0 Å². The third-order valence-electron chi connectivity index (χ3n) is 4.92. The monoisotopic (exact) mass is 282 g/mol. The fourth-order valence-electron chi connectivity index (χ4n) is 3.70. The van der Waals surface area contributed by atoms with Crippen LogP contribution in [-0.4, -0.2) is 0 Å². The Morgan fingerprint density at radius 3 is 2.15 bits per heavy atom. The Morgan fingerprint density at radius 1 is 0.850 bits per heavy atom. The van der Waals surface area contributed by atoms with E-state index in [-0.39, 0.29) is 18.3 Å². The molecular formula is C18H24F2. The van der Waals surface area contributed by atoms with Crippen molar-refractivity contribution in [1.29, 1.82) is 0 Å². The Balaban J connectivity index is 1.63. The first-order valence-electron chi connectivity index (χ1n) is 9.60. The summed E-state index contributed by atoms with van der Waals surface area (Å²) in [5, 5.41) is 0. The van der Waals surface area contributed by atoms with Crippen LogP contribution in [0.2, 0.25) is 0 Å².